The number of ether oxygens (including phenoxy) is 1. The number of halogens is 1. The number of para-hydroxylation sites is 1. The van der Waals surface area contributed by atoms with Gasteiger partial charge in [0.05, 0.1) is 28.6 Å². The summed E-state index contributed by atoms with van der Waals surface area (Å²) in [5.74, 6) is 1.72. The molecule has 3 atom stereocenters. The molecule has 1 aromatic heterocycles. The van der Waals surface area contributed by atoms with E-state index in [2.05, 4.69) is 29.7 Å². The van der Waals surface area contributed by atoms with Crippen molar-refractivity contribution < 1.29 is 4.74 Å². The van der Waals surface area contributed by atoms with Crippen LogP contribution in [0.4, 0.5) is 0 Å². The highest BCUT2D eigenvalue weighted by Gasteiger charge is 2.42. The molecule has 1 saturated heterocycles. The number of alkyl halides is 1. The molecule has 21 heavy (non-hydrogen) atoms. The molecule has 0 N–H and O–H groups in total. The maximum Gasteiger partial charge on any atom is 0.128 e. The van der Waals surface area contributed by atoms with Crippen molar-refractivity contribution in [3.8, 4) is 0 Å². The normalized spacial score (nSPS) is 27.4. The molecule has 4 heteroatoms. The van der Waals surface area contributed by atoms with Crippen LogP contribution in [0.15, 0.2) is 18.2 Å². The molecule has 2 fully saturated rings. The summed E-state index contributed by atoms with van der Waals surface area (Å²) in [4.78, 5) is 4.85. The monoisotopic (exact) mass is 304 g/mol. The van der Waals surface area contributed by atoms with Crippen LogP contribution in [0.2, 0.25) is 0 Å². The minimum absolute atomic E-state index is 0.0859. The zero-order chi connectivity index (χ0) is 14.6. The van der Waals surface area contributed by atoms with E-state index in [4.69, 9.17) is 21.3 Å². The molecule has 1 saturated carbocycles. The highest BCUT2D eigenvalue weighted by atomic mass is 35.5. The van der Waals surface area contributed by atoms with E-state index in [1.807, 2.05) is 6.92 Å². The Morgan fingerprint density at radius 3 is 2.86 bits per heavy atom. The van der Waals surface area contributed by atoms with Crippen molar-refractivity contribution in [1.82, 2.24) is 9.55 Å². The van der Waals surface area contributed by atoms with Crippen LogP contribution in [0.1, 0.15) is 49.0 Å². The molecule has 2 aliphatic rings. The molecule has 1 aromatic carbocycles. The van der Waals surface area contributed by atoms with E-state index < -0.39 is 0 Å². The standard InChI is InChI=1S/C17H21ClN2O/c1-10-4-3-5-13-15(10)19-17(11(2)18)20(13)14-8-9-21-16(14)12-6-7-12/h3-5,11-12,14,16H,6-9H2,1-2H3. The van der Waals surface area contributed by atoms with Gasteiger partial charge >= 0.3 is 0 Å². The Bertz CT molecular complexity index is 675. The second kappa shape index (κ2) is 4.99. The van der Waals surface area contributed by atoms with E-state index in [0.29, 0.717) is 12.1 Å². The second-order valence-electron chi connectivity index (χ2n) is 6.43. The Morgan fingerprint density at radius 2 is 2.14 bits per heavy atom. The summed E-state index contributed by atoms with van der Waals surface area (Å²) in [5, 5.41) is -0.0859. The van der Waals surface area contributed by atoms with Gasteiger partial charge in [-0.15, -0.1) is 11.6 Å². The molecular formula is C17H21ClN2O. The van der Waals surface area contributed by atoms with Crippen LogP contribution < -0.4 is 0 Å². The second-order valence-corrected chi connectivity index (χ2v) is 7.08. The van der Waals surface area contributed by atoms with Gasteiger partial charge in [0.2, 0.25) is 0 Å². The Kier molecular flexibility index (Phi) is 3.23. The molecule has 0 amide bonds. The minimum atomic E-state index is -0.0859. The van der Waals surface area contributed by atoms with Crippen molar-refractivity contribution >= 4 is 22.6 Å². The van der Waals surface area contributed by atoms with Gasteiger partial charge in [0.15, 0.2) is 0 Å². The van der Waals surface area contributed by atoms with E-state index in [1.54, 1.807) is 0 Å². The highest BCUT2D eigenvalue weighted by molar-refractivity contribution is 6.20. The van der Waals surface area contributed by atoms with E-state index >= 15 is 0 Å². The van der Waals surface area contributed by atoms with Gasteiger partial charge in [-0.3, -0.25) is 0 Å². The lowest BCUT2D eigenvalue weighted by molar-refractivity contribution is 0.0753. The van der Waals surface area contributed by atoms with Crippen molar-refractivity contribution in [1.29, 1.82) is 0 Å². The van der Waals surface area contributed by atoms with Gasteiger partial charge in [0, 0.05) is 6.61 Å². The average molecular weight is 305 g/mol. The van der Waals surface area contributed by atoms with Crippen LogP contribution in [0.5, 0.6) is 0 Å². The Hall–Kier alpha value is -1.06. The largest absolute Gasteiger partial charge is 0.376 e. The van der Waals surface area contributed by atoms with Gasteiger partial charge in [-0.05, 0) is 50.7 Å². The number of hydrogen-bond donors (Lipinski definition) is 0. The number of benzene rings is 1. The summed E-state index contributed by atoms with van der Waals surface area (Å²) < 4.78 is 8.41. The van der Waals surface area contributed by atoms with Crippen LogP contribution in [0.3, 0.4) is 0 Å². The Labute approximate surface area is 130 Å². The molecule has 0 bridgehead atoms. The predicted octanol–water partition coefficient (Wildman–Crippen LogP) is 4.38. The van der Waals surface area contributed by atoms with Crippen LogP contribution in [-0.4, -0.2) is 22.3 Å². The van der Waals surface area contributed by atoms with Crippen molar-refractivity contribution in [2.45, 2.75) is 50.6 Å². The van der Waals surface area contributed by atoms with Gasteiger partial charge in [0.1, 0.15) is 5.82 Å². The molecule has 1 aliphatic heterocycles. The molecular weight excluding hydrogens is 284 g/mol. The number of rotatable bonds is 3. The lowest BCUT2D eigenvalue weighted by Crippen LogP contribution is -2.23. The van der Waals surface area contributed by atoms with Gasteiger partial charge < -0.3 is 9.30 Å². The third-order valence-electron chi connectivity index (χ3n) is 4.83. The number of aromatic nitrogens is 2. The van der Waals surface area contributed by atoms with Gasteiger partial charge in [-0.25, -0.2) is 4.98 Å². The molecule has 0 radical (unpaired) electrons. The smallest absolute Gasteiger partial charge is 0.128 e. The van der Waals surface area contributed by atoms with Crippen molar-refractivity contribution in [2.24, 2.45) is 5.92 Å². The molecule has 0 spiro atoms. The molecule has 2 heterocycles. The highest BCUT2D eigenvalue weighted by Crippen LogP contribution is 2.45. The fraction of sp³-hybridized carbons (Fsp3) is 0.588. The van der Waals surface area contributed by atoms with Crippen molar-refractivity contribution in [3.05, 3.63) is 29.6 Å². The number of aryl methyl sites for hydroxylation is 1. The summed E-state index contributed by atoms with van der Waals surface area (Å²) in [5.41, 5.74) is 3.51. The molecule has 1 aliphatic carbocycles. The van der Waals surface area contributed by atoms with Crippen molar-refractivity contribution in [2.75, 3.05) is 6.61 Å². The molecule has 3 unspecified atom stereocenters. The number of hydrogen-bond acceptors (Lipinski definition) is 2. The summed E-state index contributed by atoms with van der Waals surface area (Å²) in [6.45, 7) is 4.98. The fourth-order valence-electron chi connectivity index (χ4n) is 3.66. The Balaban J connectivity index is 1.89. The fourth-order valence-corrected chi connectivity index (χ4v) is 3.81. The zero-order valence-electron chi connectivity index (χ0n) is 12.6. The first kappa shape index (κ1) is 13.6. The molecule has 3 nitrogen and oxygen atoms in total. The first-order chi connectivity index (χ1) is 10.2. The zero-order valence-corrected chi connectivity index (χ0v) is 13.3. The minimum Gasteiger partial charge on any atom is -0.376 e. The van der Waals surface area contributed by atoms with Gasteiger partial charge in [0.25, 0.3) is 0 Å². The van der Waals surface area contributed by atoms with E-state index in [9.17, 15) is 0 Å². The summed E-state index contributed by atoms with van der Waals surface area (Å²) in [6, 6.07) is 6.78. The summed E-state index contributed by atoms with van der Waals surface area (Å²) in [7, 11) is 0. The van der Waals surface area contributed by atoms with E-state index in [-0.39, 0.29) is 5.38 Å². The van der Waals surface area contributed by atoms with Crippen LogP contribution in [0.25, 0.3) is 11.0 Å². The van der Waals surface area contributed by atoms with Crippen LogP contribution in [0, 0.1) is 12.8 Å². The predicted molar refractivity (Wildman–Crippen MR) is 84.9 cm³/mol. The molecule has 2 aromatic rings. The van der Waals surface area contributed by atoms with E-state index in [0.717, 1.165) is 30.3 Å². The molecule has 4 rings (SSSR count). The topological polar surface area (TPSA) is 27.1 Å². The molecule has 112 valence electrons. The first-order valence-corrected chi connectivity index (χ1v) is 8.33. The number of imidazole rings is 1. The number of nitrogens with zero attached hydrogens (tertiary/aromatic N) is 2. The maximum absolute atomic E-state index is 6.43. The lowest BCUT2D eigenvalue weighted by Gasteiger charge is -2.23. The Morgan fingerprint density at radius 1 is 1.33 bits per heavy atom. The van der Waals surface area contributed by atoms with Crippen molar-refractivity contribution in [3.63, 3.8) is 0 Å². The average Bonchev–Trinajstić information content (AvgIpc) is 3.05. The quantitative estimate of drug-likeness (QED) is 0.787. The van der Waals surface area contributed by atoms with Crippen LogP contribution >= 0.6 is 11.6 Å². The van der Waals surface area contributed by atoms with Gasteiger partial charge in [-0.1, -0.05) is 12.1 Å². The third-order valence-corrected chi connectivity index (χ3v) is 5.02. The van der Waals surface area contributed by atoms with Gasteiger partial charge in [-0.2, -0.15) is 0 Å². The maximum atomic E-state index is 6.43. The SMILES string of the molecule is Cc1cccc2c1nc(C(C)Cl)n2C1CCOC1C1CC1. The lowest BCUT2D eigenvalue weighted by atomic mass is 10.1. The first-order valence-electron chi connectivity index (χ1n) is 7.90. The summed E-state index contributed by atoms with van der Waals surface area (Å²) in [6.07, 6.45) is 4.02. The third kappa shape index (κ3) is 2.18. The number of fused-ring (bicyclic) bond motifs is 1. The summed E-state index contributed by atoms with van der Waals surface area (Å²) >= 11 is 6.43. The van der Waals surface area contributed by atoms with Crippen LogP contribution in [-0.2, 0) is 4.74 Å². The van der Waals surface area contributed by atoms with E-state index in [1.165, 1.54) is 23.9 Å².